The number of aryl methyl sites for hydroxylation is 2. The zero-order valence-corrected chi connectivity index (χ0v) is 17.3. The minimum atomic E-state index is -3.43. The molecule has 0 bridgehead atoms. The van der Waals surface area contributed by atoms with Gasteiger partial charge in [0.15, 0.2) is 4.77 Å². The number of rotatable bonds is 5. The lowest BCUT2D eigenvalue weighted by molar-refractivity contribution is 0.144. The fourth-order valence-electron chi connectivity index (χ4n) is 3.53. The van der Waals surface area contributed by atoms with Gasteiger partial charge < -0.3 is 4.57 Å². The highest BCUT2D eigenvalue weighted by atomic mass is 32.2. The molecule has 0 spiro atoms. The van der Waals surface area contributed by atoms with E-state index in [9.17, 15) is 8.42 Å². The van der Waals surface area contributed by atoms with E-state index in [1.165, 1.54) is 12.8 Å². The van der Waals surface area contributed by atoms with Gasteiger partial charge in [0.25, 0.3) is 0 Å². The number of benzene rings is 1. The molecule has 1 aromatic carbocycles. The van der Waals surface area contributed by atoms with Gasteiger partial charge in [-0.15, -0.1) is 0 Å². The Kier molecular flexibility index (Phi) is 4.96. The number of hydrogen-bond acceptors (Lipinski definition) is 5. The minimum absolute atomic E-state index is 0.363. The molecule has 1 saturated heterocycles. The molecule has 2 heterocycles. The van der Waals surface area contributed by atoms with E-state index in [4.69, 9.17) is 12.2 Å². The van der Waals surface area contributed by atoms with Crippen LogP contribution in [0.15, 0.2) is 29.2 Å². The summed E-state index contributed by atoms with van der Waals surface area (Å²) >= 11 is 5.58. The highest BCUT2D eigenvalue weighted by Crippen LogP contribution is 2.35. The van der Waals surface area contributed by atoms with Crippen molar-refractivity contribution in [2.75, 3.05) is 26.2 Å². The van der Waals surface area contributed by atoms with Crippen molar-refractivity contribution in [2.45, 2.75) is 44.3 Å². The smallest absolute Gasteiger partial charge is 0.243 e. The van der Waals surface area contributed by atoms with Gasteiger partial charge in [0.2, 0.25) is 10.0 Å². The first-order valence-electron chi connectivity index (χ1n) is 9.31. The molecule has 0 unspecified atom stereocenters. The van der Waals surface area contributed by atoms with E-state index in [2.05, 4.69) is 14.6 Å². The summed E-state index contributed by atoms with van der Waals surface area (Å²) in [5.74, 6) is 0.961. The highest BCUT2D eigenvalue weighted by molar-refractivity contribution is 7.89. The first-order valence-corrected chi connectivity index (χ1v) is 11.2. The maximum atomic E-state index is 12.8. The molecule has 1 aliphatic heterocycles. The van der Waals surface area contributed by atoms with Crippen molar-refractivity contribution in [3.8, 4) is 0 Å². The van der Waals surface area contributed by atoms with Crippen LogP contribution in [0.2, 0.25) is 0 Å². The molecular formula is C18H25N5O2S2. The SMILES string of the molecule is Cc1ccc(S(=O)(=O)N2CCN(Cn3nc(C)n(C4CC4)c3=S)CC2)cc1. The Morgan fingerprint density at radius 2 is 1.70 bits per heavy atom. The summed E-state index contributed by atoms with van der Waals surface area (Å²) in [6, 6.07) is 7.56. The Morgan fingerprint density at radius 1 is 1.07 bits per heavy atom. The number of hydrogen-bond donors (Lipinski definition) is 0. The van der Waals surface area contributed by atoms with Crippen molar-refractivity contribution in [3.05, 3.63) is 40.4 Å². The topological polar surface area (TPSA) is 63.4 Å². The van der Waals surface area contributed by atoms with Crippen LogP contribution in [0.25, 0.3) is 0 Å². The average Bonchev–Trinajstić information content (AvgIpc) is 3.43. The summed E-state index contributed by atoms with van der Waals surface area (Å²) in [7, 11) is -3.43. The molecule has 1 saturated carbocycles. The largest absolute Gasteiger partial charge is 0.301 e. The first kappa shape index (κ1) is 18.8. The Bertz CT molecular complexity index is 982. The van der Waals surface area contributed by atoms with E-state index in [0.717, 1.165) is 16.2 Å². The van der Waals surface area contributed by atoms with Gasteiger partial charge in [0.05, 0.1) is 11.6 Å². The van der Waals surface area contributed by atoms with Crippen LogP contribution in [0.3, 0.4) is 0 Å². The number of aromatic nitrogens is 3. The van der Waals surface area contributed by atoms with Crippen LogP contribution in [0, 0.1) is 18.6 Å². The Balaban J connectivity index is 1.41. The third-order valence-corrected chi connectivity index (χ3v) is 7.60. The molecular weight excluding hydrogens is 382 g/mol. The zero-order chi connectivity index (χ0) is 19.2. The van der Waals surface area contributed by atoms with Crippen LogP contribution >= 0.6 is 12.2 Å². The van der Waals surface area contributed by atoms with Gasteiger partial charge in [0, 0.05) is 32.2 Å². The van der Waals surface area contributed by atoms with Crippen molar-refractivity contribution < 1.29 is 8.42 Å². The molecule has 7 nitrogen and oxygen atoms in total. The monoisotopic (exact) mass is 407 g/mol. The van der Waals surface area contributed by atoms with Crippen molar-refractivity contribution in [1.82, 2.24) is 23.6 Å². The maximum absolute atomic E-state index is 12.8. The molecule has 0 N–H and O–H groups in total. The maximum Gasteiger partial charge on any atom is 0.243 e. The highest BCUT2D eigenvalue weighted by Gasteiger charge is 2.30. The Morgan fingerprint density at radius 3 is 2.30 bits per heavy atom. The molecule has 1 aliphatic carbocycles. The van der Waals surface area contributed by atoms with E-state index in [1.807, 2.05) is 30.7 Å². The lowest BCUT2D eigenvalue weighted by atomic mass is 10.2. The van der Waals surface area contributed by atoms with E-state index < -0.39 is 10.0 Å². The molecule has 1 aromatic heterocycles. The van der Waals surface area contributed by atoms with E-state index >= 15 is 0 Å². The Labute approximate surface area is 165 Å². The van der Waals surface area contributed by atoms with Crippen LogP contribution in [0.4, 0.5) is 0 Å². The molecule has 0 amide bonds. The zero-order valence-electron chi connectivity index (χ0n) is 15.7. The normalized spacial score (nSPS) is 19.5. The summed E-state index contributed by atoms with van der Waals surface area (Å²) in [6.07, 6.45) is 2.35. The molecule has 9 heteroatoms. The van der Waals surface area contributed by atoms with Crippen molar-refractivity contribution in [3.63, 3.8) is 0 Å². The molecule has 2 fully saturated rings. The molecule has 0 radical (unpaired) electrons. The van der Waals surface area contributed by atoms with E-state index in [0.29, 0.717) is 43.8 Å². The molecule has 2 aromatic rings. The molecule has 27 heavy (non-hydrogen) atoms. The quantitative estimate of drug-likeness (QED) is 0.712. The molecule has 146 valence electrons. The Hall–Kier alpha value is -1.55. The predicted octanol–water partition coefficient (Wildman–Crippen LogP) is 2.33. The van der Waals surface area contributed by atoms with Crippen LogP contribution in [-0.4, -0.2) is 58.1 Å². The summed E-state index contributed by atoms with van der Waals surface area (Å²) in [6.45, 7) is 6.85. The number of nitrogens with zero attached hydrogens (tertiary/aromatic N) is 5. The van der Waals surface area contributed by atoms with E-state index in [1.54, 1.807) is 16.4 Å². The molecule has 2 aliphatic rings. The van der Waals surface area contributed by atoms with Crippen LogP contribution in [0.5, 0.6) is 0 Å². The van der Waals surface area contributed by atoms with Crippen molar-refractivity contribution >= 4 is 22.2 Å². The second kappa shape index (κ2) is 7.12. The van der Waals surface area contributed by atoms with Gasteiger partial charge >= 0.3 is 0 Å². The summed E-state index contributed by atoms with van der Waals surface area (Å²) in [4.78, 5) is 2.57. The molecule has 4 rings (SSSR count). The number of sulfonamides is 1. The van der Waals surface area contributed by atoms with Gasteiger partial charge in [-0.05, 0) is 51.0 Å². The van der Waals surface area contributed by atoms with Gasteiger partial charge in [-0.2, -0.15) is 9.40 Å². The summed E-state index contributed by atoms with van der Waals surface area (Å²) in [5.41, 5.74) is 1.05. The second-order valence-electron chi connectivity index (χ2n) is 7.41. The lowest BCUT2D eigenvalue weighted by Crippen LogP contribution is -2.48. The van der Waals surface area contributed by atoms with Crippen molar-refractivity contribution in [2.24, 2.45) is 0 Å². The standard InChI is InChI=1S/C18H25N5O2S2/c1-14-3-7-17(8-4-14)27(24,25)21-11-9-20(10-12-21)13-22-18(26)23(15(2)19-22)16-5-6-16/h3-4,7-8,16H,5-6,9-13H2,1-2H3. The van der Waals surface area contributed by atoms with E-state index in [-0.39, 0.29) is 0 Å². The minimum Gasteiger partial charge on any atom is -0.301 e. The second-order valence-corrected chi connectivity index (χ2v) is 9.71. The van der Waals surface area contributed by atoms with Crippen LogP contribution < -0.4 is 0 Å². The van der Waals surface area contributed by atoms with Gasteiger partial charge in [-0.1, -0.05) is 17.7 Å². The van der Waals surface area contributed by atoms with Crippen molar-refractivity contribution in [1.29, 1.82) is 0 Å². The van der Waals surface area contributed by atoms with Gasteiger partial charge in [-0.25, -0.2) is 13.1 Å². The first-order chi connectivity index (χ1) is 12.9. The van der Waals surface area contributed by atoms with Gasteiger partial charge in [-0.3, -0.25) is 4.90 Å². The summed E-state index contributed by atoms with van der Waals surface area (Å²) < 4.78 is 32.0. The number of piperazine rings is 1. The predicted molar refractivity (Wildman–Crippen MR) is 106 cm³/mol. The fourth-order valence-corrected chi connectivity index (χ4v) is 5.34. The fraction of sp³-hybridized carbons (Fsp3) is 0.556. The average molecular weight is 408 g/mol. The lowest BCUT2D eigenvalue weighted by Gasteiger charge is -2.33. The summed E-state index contributed by atoms with van der Waals surface area (Å²) in [5, 5.41) is 4.59. The van der Waals surface area contributed by atoms with Gasteiger partial charge in [0.1, 0.15) is 5.82 Å². The third kappa shape index (κ3) is 3.73. The third-order valence-electron chi connectivity index (χ3n) is 5.28. The van der Waals surface area contributed by atoms with Crippen LogP contribution in [-0.2, 0) is 16.7 Å². The molecule has 0 atom stereocenters. The van der Waals surface area contributed by atoms with Crippen LogP contribution in [0.1, 0.15) is 30.3 Å².